The number of aromatic nitrogens is 3. The molecule has 0 saturated heterocycles. The lowest BCUT2D eigenvalue weighted by atomic mass is 10.2. The number of carbonyl (C=O) groups is 1. The molecule has 2 heterocycles. The van der Waals surface area contributed by atoms with Crippen LogP contribution in [0.1, 0.15) is 21.5 Å². The summed E-state index contributed by atoms with van der Waals surface area (Å²) in [5.74, 6) is 0.617. The summed E-state index contributed by atoms with van der Waals surface area (Å²) in [5.41, 5.74) is 3.03. The fraction of sp³-hybridized carbons (Fsp3) is 0.125. The molecule has 116 valence electrons. The van der Waals surface area contributed by atoms with Gasteiger partial charge in [0.25, 0.3) is 5.91 Å². The van der Waals surface area contributed by atoms with Crippen molar-refractivity contribution in [3.05, 3.63) is 65.5 Å². The molecule has 3 aromatic rings. The van der Waals surface area contributed by atoms with Gasteiger partial charge in [-0.1, -0.05) is 52.9 Å². The second-order valence-corrected chi connectivity index (χ2v) is 7.04. The van der Waals surface area contributed by atoms with E-state index in [1.165, 1.54) is 22.5 Å². The minimum Gasteiger partial charge on any atom is -0.296 e. The van der Waals surface area contributed by atoms with Crippen molar-refractivity contribution in [3.8, 4) is 0 Å². The van der Waals surface area contributed by atoms with Gasteiger partial charge in [0.15, 0.2) is 4.34 Å². The predicted octanol–water partition coefficient (Wildman–Crippen LogP) is 3.79. The number of rotatable bonds is 5. The van der Waals surface area contributed by atoms with Crippen LogP contribution in [0.3, 0.4) is 0 Å². The van der Waals surface area contributed by atoms with Crippen LogP contribution in [0.5, 0.6) is 0 Å². The minimum atomic E-state index is -0.210. The maximum Gasteiger partial charge on any atom is 0.257 e. The first-order valence-corrected chi connectivity index (χ1v) is 8.74. The Labute approximate surface area is 142 Å². The molecule has 0 saturated carbocycles. The SMILES string of the molecule is Cc1ccc(CSc2nnc(NC(=O)c3ccncc3)s2)cc1. The van der Waals surface area contributed by atoms with E-state index in [0.717, 1.165) is 10.1 Å². The van der Waals surface area contributed by atoms with Crippen molar-refractivity contribution >= 4 is 34.1 Å². The standard InChI is InChI=1S/C16H14N4OS2/c1-11-2-4-12(5-3-11)10-22-16-20-19-15(23-16)18-14(21)13-6-8-17-9-7-13/h2-9H,10H2,1H3,(H,18,19,21). The molecule has 5 nitrogen and oxygen atoms in total. The fourth-order valence-electron chi connectivity index (χ4n) is 1.82. The number of benzene rings is 1. The first-order valence-electron chi connectivity index (χ1n) is 6.94. The van der Waals surface area contributed by atoms with E-state index in [-0.39, 0.29) is 5.91 Å². The number of aryl methyl sites for hydroxylation is 1. The number of nitrogens with one attached hydrogen (secondary N) is 1. The molecule has 1 amide bonds. The van der Waals surface area contributed by atoms with E-state index in [9.17, 15) is 4.79 Å². The second-order valence-electron chi connectivity index (χ2n) is 4.84. The van der Waals surface area contributed by atoms with Crippen molar-refractivity contribution in [2.75, 3.05) is 5.32 Å². The van der Waals surface area contributed by atoms with E-state index in [4.69, 9.17) is 0 Å². The highest BCUT2D eigenvalue weighted by Crippen LogP contribution is 2.28. The maximum absolute atomic E-state index is 12.0. The van der Waals surface area contributed by atoms with Crippen molar-refractivity contribution < 1.29 is 4.79 Å². The zero-order valence-electron chi connectivity index (χ0n) is 12.4. The van der Waals surface area contributed by atoms with Crippen molar-refractivity contribution in [1.82, 2.24) is 15.2 Å². The highest BCUT2D eigenvalue weighted by molar-refractivity contribution is 8.00. The fourth-order valence-corrected chi connectivity index (χ4v) is 3.52. The van der Waals surface area contributed by atoms with Gasteiger partial charge in [0.05, 0.1) is 0 Å². The van der Waals surface area contributed by atoms with Gasteiger partial charge < -0.3 is 0 Å². The van der Waals surface area contributed by atoms with Gasteiger partial charge in [0.1, 0.15) is 0 Å². The van der Waals surface area contributed by atoms with Crippen LogP contribution in [0, 0.1) is 6.92 Å². The van der Waals surface area contributed by atoms with Crippen molar-refractivity contribution in [2.45, 2.75) is 17.0 Å². The van der Waals surface area contributed by atoms with Crippen molar-refractivity contribution in [2.24, 2.45) is 0 Å². The molecule has 7 heteroatoms. The lowest BCUT2D eigenvalue weighted by molar-refractivity contribution is 0.102. The van der Waals surface area contributed by atoms with E-state index in [0.29, 0.717) is 10.7 Å². The summed E-state index contributed by atoms with van der Waals surface area (Å²) < 4.78 is 0.829. The predicted molar refractivity (Wildman–Crippen MR) is 92.8 cm³/mol. The van der Waals surface area contributed by atoms with Crippen LogP contribution < -0.4 is 5.32 Å². The third kappa shape index (κ3) is 4.37. The molecule has 0 radical (unpaired) electrons. The summed E-state index contributed by atoms with van der Waals surface area (Å²) in [5, 5.41) is 11.4. The van der Waals surface area contributed by atoms with Crippen molar-refractivity contribution in [1.29, 1.82) is 0 Å². The molecule has 1 N–H and O–H groups in total. The monoisotopic (exact) mass is 342 g/mol. The van der Waals surface area contributed by atoms with Crippen molar-refractivity contribution in [3.63, 3.8) is 0 Å². The molecule has 2 aromatic heterocycles. The average Bonchev–Trinajstić information content (AvgIpc) is 3.02. The van der Waals surface area contributed by atoms with Gasteiger partial charge in [-0.15, -0.1) is 10.2 Å². The van der Waals surface area contributed by atoms with E-state index in [1.54, 1.807) is 36.3 Å². The number of hydrogen-bond acceptors (Lipinski definition) is 6. The molecular weight excluding hydrogens is 328 g/mol. The van der Waals surface area contributed by atoms with Crippen LogP contribution in [0.2, 0.25) is 0 Å². The Bertz CT molecular complexity index is 787. The molecule has 0 aliphatic carbocycles. The average molecular weight is 342 g/mol. The van der Waals surface area contributed by atoms with Crippen LogP contribution in [-0.2, 0) is 5.75 Å². The van der Waals surface area contributed by atoms with Gasteiger partial charge in [-0.2, -0.15) is 0 Å². The number of anilines is 1. The van der Waals surface area contributed by atoms with Crippen LogP contribution in [0.4, 0.5) is 5.13 Å². The Kier molecular flexibility index (Phi) is 4.99. The van der Waals surface area contributed by atoms with Gasteiger partial charge in [-0.25, -0.2) is 0 Å². The molecule has 1 aromatic carbocycles. The van der Waals surface area contributed by atoms with E-state index >= 15 is 0 Å². The van der Waals surface area contributed by atoms with E-state index in [1.807, 2.05) is 0 Å². The smallest absolute Gasteiger partial charge is 0.257 e. The number of nitrogens with zero attached hydrogens (tertiary/aromatic N) is 3. The van der Waals surface area contributed by atoms with Gasteiger partial charge >= 0.3 is 0 Å². The summed E-state index contributed by atoms with van der Waals surface area (Å²) in [6, 6.07) is 11.7. The summed E-state index contributed by atoms with van der Waals surface area (Å²) in [4.78, 5) is 15.9. The Morgan fingerprint density at radius 3 is 2.61 bits per heavy atom. The van der Waals surface area contributed by atoms with Crippen LogP contribution in [0.15, 0.2) is 53.1 Å². The molecule has 0 aliphatic rings. The lowest BCUT2D eigenvalue weighted by Gasteiger charge is -2.00. The van der Waals surface area contributed by atoms with Crippen LogP contribution in [0.25, 0.3) is 0 Å². The molecule has 0 atom stereocenters. The Balaban J connectivity index is 1.57. The summed E-state index contributed by atoms with van der Waals surface area (Å²) >= 11 is 2.98. The Morgan fingerprint density at radius 2 is 1.87 bits per heavy atom. The second kappa shape index (κ2) is 7.34. The molecule has 0 unspecified atom stereocenters. The van der Waals surface area contributed by atoms with Gasteiger partial charge in [-0.3, -0.25) is 15.1 Å². The Hall–Kier alpha value is -2.25. The van der Waals surface area contributed by atoms with Gasteiger partial charge in [-0.05, 0) is 24.6 Å². The minimum absolute atomic E-state index is 0.210. The summed E-state index contributed by atoms with van der Waals surface area (Å²) in [7, 11) is 0. The molecule has 0 aliphatic heterocycles. The third-order valence-corrected chi connectivity index (χ3v) is 5.10. The molecule has 23 heavy (non-hydrogen) atoms. The number of amides is 1. The Morgan fingerprint density at radius 1 is 1.13 bits per heavy atom. The normalized spacial score (nSPS) is 10.5. The van der Waals surface area contributed by atoms with E-state index < -0.39 is 0 Å². The van der Waals surface area contributed by atoms with Crippen LogP contribution in [-0.4, -0.2) is 21.1 Å². The van der Waals surface area contributed by atoms with Gasteiger partial charge in [0.2, 0.25) is 5.13 Å². The first kappa shape index (κ1) is 15.6. The number of hydrogen-bond donors (Lipinski definition) is 1. The highest BCUT2D eigenvalue weighted by Gasteiger charge is 2.10. The molecule has 0 spiro atoms. The first-order chi connectivity index (χ1) is 11.2. The van der Waals surface area contributed by atoms with E-state index in [2.05, 4.69) is 51.7 Å². The highest BCUT2D eigenvalue weighted by atomic mass is 32.2. The number of carbonyl (C=O) groups excluding carboxylic acids is 1. The molecular formula is C16H14N4OS2. The largest absolute Gasteiger partial charge is 0.296 e. The molecule has 3 rings (SSSR count). The van der Waals surface area contributed by atoms with Gasteiger partial charge in [0, 0.05) is 23.7 Å². The third-order valence-electron chi connectivity index (χ3n) is 3.05. The zero-order valence-corrected chi connectivity index (χ0v) is 14.0. The van der Waals surface area contributed by atoms with Crippen LogP contribution >= 0.6 is 23.1 Å². The lowest BCUT2D eigenvalue weighted by Crippen LogP contribution is -2.11. The topological polar surface area (TPSA) is 67.8 Å². The summed E-state index contributed by atoms with van der Waals surface area (Å²) in [6.07, 6.45) is 3.16. The molecule has 0 fully saturated rings. The number of pyridine rings is 1. The molecule has 0 bridgehead atoms. The maximum atomic E-state index is 12.0. The summed E-state index contributed by atoms with van der Waals surface area (Å²) in [6.45, 7) is 2.07. The quantitative estimate of drug-likeness (QED) is 0.564. The number of thioether (sulfide) groups is 1. The zero-order chi connectivity index (χ0) is 16.1.